The Hall–Kier alpha value is -0.790. The molecular weight excluding hydrogens is 184 g/mol. The molecule has 0 amide bonds. The van der Waals surface area contributed by atoms with Crippen LogP contribution in [0.25, 0.3) is 0 Å². The first-order valence-corrected chi connectivity index (χ1v) is 6.09. The molecule has 1 aromatic heterocycles. The van der Waals surface area contributed by atoms with Crippen molar-refractivity contribution in [3.63, 3.8) is 0 Å². The maximum atomic E-state index is 4.40. The molecule has 2 nitrogen and oxygen atoms in total. The van der Waals surface area contributed by atoms with Gasteiger partial charge < -0.3 is 4.57 Å². The number of nitrogens with zero attached hydrogens (tertiary/aromatic N) is 2. The van der Waals surface area contributed by atoms with Crippen LogP contribution >= 0.6 is 0 Å². The van der Waals surface area contributed by atoms with Gasteiger partial charge in [-0.2, -0.15) is 0 Å². The van der Waals surface area contributed by atoms with Crippen molar-refractivity contribution in [1.29, 1.82) is 0 Å². The smallest absolute Gasteiger partial charge is 0.0954 e. The molecule has 1 aliphatic carbocycles. The molecule has 0 N–H and O–H groups in total. The molecule has 0 radical (unpaired) electrons. The summed E-state index contributed by atoms with van der Waals surface area (Å²) < 4.78 is 2.39. The van der Waals surface area contributed by atoms with Gasteiger partial charge in [0.15, 0.2) is 0 Å². The second-order valence-corrected chi connectivity index (χ2v) is 5.24. The lowest BCUT2D eigenvalue weighted by Crippen LogP contribution is -2.23. The van der Waals surface area contributed by atoms with E-state index in [1.54, 1.807) is 0 Å². The maximum absolute atomic E-state index is 4.40. The first-order chi connectivity index (χ1) is 7.09. The Morgan fingerprint density at radius 1 is 1.20 bits per heavy atom. The van der Waals surface area contributed by atoms with Crippen LogP contribution in [0.5, 0.6) is 0 Å². The molecule has 1 heterocycles. The van der Waals surface area contributed by atoms with Crippen LogP contribution in [0, 0.1) is 25.7 Å². The van der Waals surface area contributed by atoms with Crippen molar-refractivity contribution in [2.75, 3.05) is 0 Å². The number of rotatable bonds is 1. The Labute approximate surface area is 92.7 Å². The zero-order valence-corrected chi connectivity index (χ0v) is 10.3. The highest BCUT2D eigenvalue weighted by Crippen LogP contribution is 2.36. The van der Waals surface area contributed by atoms with Crippen LogP contribution in [0.1, 0.15) is 50.5 Å². The highest BCUT2D eigenvalue weighted by Gasteiger charge is 2.26. The molecule has 0 bridgehead atoms. The first-order valence-electron chi connectivity index (χ1n) is 6.09. The predicted octanol–water partition coefficient (Wildman–Crippen LogP) is 3.50. The summed E-state index contributed by atoms with van der Waals surface area (Å²) in [6.07, 6.45) is 6.03. The Balaban J connectivity index is 2.15. The summed E-state index contributed by atoms with van der Waals surface area (Å²) in [4.78, 5) is 4.40. The lowest BCUT2D eigenvalue weighted by atomic mass is 9.79. The maximum Gasteiger partial charge on any atom is 0.0954 e. The van der Waals surface area contributed by atoms with Gasteiger partial charge in [0.05, 0.1) is 12.0 Å². The van der Waals surface area contributed by atoms with Crippen LogP contribution in [-0.2, 0) is 0 Å². The minimum absolute atomic E-state index is 0.692. The molecule has 1 aliphatic rings. The van der Waals surface area contributed by atoms with E-state index in [0.717, 1.165) is 11.8 Å². The van der Waals surface area contributed by atoms with Crippen LogP contribution in [-0.4, -0.2) is 9.55 Å². The molecule has 0 saturated heterocycles. The van der Waals surface area contributed by atoms with Gasteiger partial charge in [-0.15, -0.1) is 0 Å². The largest absolute Gasteiger partial charge is 0.332 e. The van der Waals surface area contributed by atoms with Gasteiger partial charge in [-0.3, -0.25) is 0 Å². The number of hydrogen-bond donors (Lipinski definition) is 0. The van der Waals surface area contributed by atoms with E-state index in [0.29, 0.717) is 6.04 Å². The Bertz CT molecular complexity index is 340. The molecule has 1 fully saturated rings. The number of aromatic nitrogens is 2. The number of imidazole rings is 1. The van der Waals surface area contributed by atoms with Gasteiger partial charge in [0.25, 0.3) is 0 Å². The monoisotopic (exact) mass is 206 g/mol. The highest BCUT2D eigenvalue weighted by atomic mass is 15.1. The fourth-order valence-corrected chi connectivity index (χ4v) is 2.66. The average molecular weight is 206 g/mol. The fourth-order valence-electron chi connectivity index (χ4n) is 2.66. The minimum Gasteiger partial charge on any atom is -0.332 e. The molecule has 2 rings (SSSR count). The van der Waals surface area contributed by atoms with Gasteiger partial charge >= 0.3 is 0 Å². The third kappa shape index (κ3) is 1.95. The molecule has 3 atom stereocenters. The van der Waals surface area contributed by atoms with Crippen LogP contribution in [0.4, 0.5) is 0 Å². The normalized spacial score (nSPS) is 31.9. The van der Waals surface area contributed by atoms with Gasteiger partial charge in [0.1, 0.15) is 0 Å². The standard InChI is InChI=1S/C13H22N2/c1-9-5-6-13(7-10(9)2)15-8-14-11(3)12(15)4/h8-10,13H,5-7H2,1-4H3. The predicted molar refractivity (Wildman–Crippen MR) is 62.9 cm³/mol. The Kier molecular flexibility index (Phi) is 2.85. The van der Waals surface area contributed by atoms with E-state index in [1.165, 1.54) is 30.7 Å². The molecule has 0 aromatic carbocycles. The van der Waals surface area contributed by atoms with Gasteiger partial charge in [-0.05, 0) is 44.9 Å². The van der Waals surface area contributed by atoms with E-state index in [-0.39, 0.29) is 0 Å². The second-order valence-electron chi connectivity index (χ2n) is 5.24. The summed E-state index contributed by atoms with van der Waals surface area (Å²) in [5, 5.41) is 0. The number of aryl methyl sites for hydroxylation is 1. The van der Waals surface area contributed by atoms with E-state index >= 15 is 0 Å². The van der Waals surface area contributed by atoms with Crippen molar-refractivity contribution in [3.8, 4) is 0 Å². The number of hydrogen-bond acceptors (Lipinski definition) is 1. The summed E-state index contributed by atoms with van der Waals surface area (Å²) in [5.74, 6) is 1.75. The van der Waals surface area contributed by atoms with E-state index in [1.807, 2.05) is 6.33 Å². The third-order valence-electron chi connectivity index (χ3n) is 4.25. The zero-order valence-electron chi connectivity index (χ0n) is 10.3. The molecular formula is C13H22N2. The molecule has 1 aromatic rings. The Morgan fingerprint density at radius 3 is 2.47 bits per heavy atom. The lowest BCUT2D eigenvalue weighted by molar-refractivity contribution is 0.209. The van der Waals surface area contributed by atoms with Crippen LogP contribution < -0.4 is 0 Å². The first kappa shape index (κ1) is 10.7. The lowest BCUT2D eigenvalue weighted by Gasteiger charge is -2.33. The zero-order chi connectivity index (χ0) is 11.0. The molecule has 3 unspecified atom stereocenters. The Morgan fingerprint density at radius 2 is 1.93 bits per heavy atom. The summed E-state index contributed by atoms with van der Waals surface area (Å²) >= 11 is 0. The minimum atomic E-state index is 0.692. The van der Waals surface area contributed by atoms with Crippen LogP contribution in [0.15, 0.2) is 6.33 Å². The van der Waals surface area contributed by atoms with Gasteiger partial charge in [0, 0.05) is 11.7 Å². The van der Waals surface area contributed by atoms with Crippen LogP contribution in [0.3, 0.4) is 0 Å². The fraction of sp³-hybridized carbons (Fsp3) is 0.769. The third-order valence-corrected chi connectivity index (χ3v) is 4.25. The van der Waals surface area contributed by atoms with Crippen molar-refractivity contribution in [3.05, 3.63) is 17.7 Å². The van der Waals surface area contributed by atoms with Gasteiger partial charge in [-0.1, -0.05) is 13.8 Å². The topological polar surface area (TPSA) is 17.8 Å². The van der Waals surface area contributed by atoms with E-state index < -0.39 is 0 Å². The van der Waals surface area contributed by atoms with Crippen molar-refractivity contribution in [1.82, 2.24) is 9.55 Å². The summed E-state index contributed by atoms with van der Waals surface area (Å²) in [6, 6.07) is 0.692. The van der Waals surface area contributed by atoms with Crippen molar-refractivity contribution < 1.29 is 0 Å². The summed E-state index contributed by atoms with van der Waals surface area (Å²) in [7, 11) is 0. The van der Waals surface area contributed by atoms with Crippen LogP contribution in [0.2, 0.25) is 0 Å². The molecule has 15 heavy (non-hydrogen) atoms. The SMILES string of the molecule is Cc1ncn(C2CCC(C)C(C)C2)c1C. The van der Waals surface area contributed by atoms with Gasteiger partial charge in [-0.25, -0.2) is 4.98 Å². The highest BCUT2D eigenvalue weighted by molar-refractivity contribution is 5.10. The molecule has 1 saturated carbocycles. The van der Waals surface area contributed by atoms with Crippen molar-refractivity contribution in [2.45, 2.75) is 53.0 Å². The molecule has 2 heteroatoms. The van der Waals surface area contributed by atoms with E-state index in [2.05, 4.69) is 37.2 Å². The van der Waals surface area contributed by atoms with E-state index in [4.69, 9.17) is 0 Å². The van der Waals surface area contributed by atoms with Crippen molar-refractivity contribution in [2.24, 2.45) is 11.8 Å². The molecule has 84 valence electrons. The van der Waals surface area contributed by atoms with E-state index in [9.17, 15) is 0 Å². The summed E-state index contributed by atoms with van der Waals surface area (Å²) in [6.45, 7) is 9.05. The quantitative estimate of drug-likeness (QED) is 0.687. The molecule has 0 aliphatic heterocycles. The van der Waals surface area contributed by atoms with Crippen molar-refractivity contribution >= 4 is 0 Å². The van der Waals surface area contributed by atoms with Gasteiger partial charge in [0.2, 0.25) is 0 Å². The second kappa shape index (κ2) is 3.99. The molecule has 0 spiro atoms. The average Bonchev–Trinajstić information content (AvgIpc) is 2.53. The summed E-state index contributed by atoms with van der Waals surface area (Å²) in [5.41, 5.74) is 2.53.